The Labute approximate surface area is 122 Å². The molecule has 2 amide bonds. The van der Waals surface area contributed by atoms with Crippen molar-refractivity contribution in [3.05, 3.63) is 29.6 Å². The lowest BCUT2D eigenvalue weighted by Crippen LogP contribution is -2.43. The Morgan fingerprint density at radius 2 is 2.10 bits per heavy atom. The number of hydrogen-bond acceptors (Lipinski definition) is 3. The number of benzene rings is 1. The van der Waals surface area contributed by atoms with Gasteiger partial charge in [-0.3, -0.25) is 9.59 Å². The molecule has 20 heavy (non-hydrogen) atoms. The largest absolute Gasteiger partial charge is 0.366 e. The maximum absolute atomic E-state index is 13.6. The molecule has 1 fully saturated rings. The third-order valence-corrected chi connectivity index (χ3v) is 3.14. The molecule has 0 aromatic heterocycles. The minimum atomic E-state index is -0.661. The van der Waals surface area contributed by atoms with Crippen molar-refractivity contribution in [1.29, 1.82) is 0 Å². The quantitative estimate of drug-likeness (QED) is 0.789. The zero-order valence-electron chi connectivity index (χ0n) is 10.8. The van der Waals surface area contributed by atoms with Gasteiger partial charge in [0, 0.05) is 5.56 Å². The summed E-state index contributed by atoms with van der Waals surface area (Å²) in [6.45, 7) is 0.780. The molecule has 5 nitrogen and oxygen atoms in total. The number of primary amides is 1. The van der Waals surface area contributed by atoms with Gasteiger partial charge in [-0.2, -0.15) is 0 Å². The van der Waals surface area contributed by atoms with E-state index in [4.69, 9.17) is 5.73 Å². The molecule has 1 aliphatic heterocycles. The highest BCUT2D eigenvalue weighted by atomic mass is 35.5. The van der Waals surface area contributed by atoms with E-state index in [1.165, 1.54) is 12.1 Å². The number of nitrogens with one attached hydrogen (secondary N) is 2. The molecule has 2 rings (SSSR count). The van der Waals surface area contributed by atoms with Gasteiger partial charge in [0.05, 0.1) is 11.7 Å². The number of nitrogens with two attached hydrogens (primary N) is 1. The Morgan fingerprint density at radius 3 is 2.70 bits per heavy atom. The van der Waals surface area contributed by atoms with Crippen molar-refractivity contribution in [2.75, 3.05) is 11.9 Å². The highest BCUT2D eigenvalue weighted by Gasteiger charge is 2.21. The monoisotopic (exact) mass is 301 g/mol. The lowest BCUT2D eigenvalue weighted by Gasteiger charge is -2.22. The third-order valence-electron chi connectivity index (χ3n) is 3.14. The molecule has 0 unspecified atom stereocenters. The van der Waals surface area contributed by atoms with Crippen LogP contribution in [-0.2, 0) is 4.79 Å². The standard InChI is InChI=1S/C13H16FN3O2.ClH/c14-9-5-4-8(12(15)18)7-11(9)17-13(19)10-3-1-2-6-16-10;/h4-5,7,10,16H,1-3,6H2,(H2,15,18)(H,17,19);1H/t10-;/m0./s1. The number of hydrogen-bond donors (Lipinski definition) is 3. The fraction of sp³-hybridized carbons (Fsp3) is 0.385. The van der Waals surface area contributed by atoms with E-state index in [2.05, 4.69) is 10.6 Å². The van der Waals surface area contributed by atoms with Crippen molar-refractivity contribution in [3.63, 3.8) is 0 Å². The maximum Gasteiger partial charge on any atom is 0.248 e. The van der Waals surface area contributed by atoms with Gasteiger partial charge >= 0.3 is 0 Å². The topological polar surface area (TPSA) is 84.2 Å². The predicted octanol–water partition coefficient (Wildman–Crippen LogP) is 1.43. The van der Waals surface area contributed by atoms with Crippen LogP contribution >= 0.6 is 12.4 Å². The second-order valence-electron chi connectivity index (χ2n) is 4.55. The Morgan fingerprint density at radius 1 is 1.35 bits per heavy atom. The molecule has 4 N–H and O–H groups in total. The highest BCUT2D eigenvalue weighted by Crippen LogP contribution is 2.17. The summed E-state index contributed by atoms with van der Waals surface area (Å²) < 4.78 is 13.6. The van der Waals surface area contributed by atoms with Crippen molar-refractivity contribution in [3.8, 4) is 0 Å². The summed E-state index contributed by atoms with van der Waals surface area (Å²) in [7, 11) is 0. The number of halogens is 2. The molecule has 1 aromatic carbocycles. The molecular weight excluding hydrogens is 285 g/mol. The van der Waals surface area contributed by atoms with E-state index in [0.717, 1.165) is 31.9 Å². The summed E-state index contributed by atoms with van der Waals surface area (Å²) in [5.41, 5.74) is 5.26. The minimum Gasteiger partial charge on any atom is -0.366 e. The van der Waals surface area contributed by atoms with Crippen LogP contribution in [-0.4, -0.2) is 24.4 Å². The Balaban J connectivity index is 0.00000200. The van der Waals surface area contributed by atoms with Gasteiger partial charge in [0.1, 0.15) is 5.82 Å². The summed E-state index contributed by atoms with van der Waals surface area (Å²) in [4.78, 5) is 23.0. The fourth-order valence-electron chi connectivity index (χ4n) is 2.07. The van der Waals surface area contributed by atoms with Crippen molar-refractivity contribution in [1.82, 2.24) is 5.32 Å². The van der Waals surface area contributed by atoms with Crippen LogP contribution in [0.5, 0.6) is 0 Å². The first-order valence-corrected chi connectivity index (χ1v) is 6.21. The average Bonchev–Trinajstić information content (AvgIpc) is 2.42. The lowest BCUT2D eigenvalue weighted by molar-refractivity contribution is -0.118. The van der Waals surface area contributed by atoms with E-state index in [1.54, 1.807) is 0 Å². The van der Waals surface area contributed by atoms with Gasteiger partial charge in [-0.1, -0.05) is 6.42 Å². The summed E-state index contributed by atoms with van der Waals surface area (Å²) in [6, 6.07) is 3.33. The van der Waals surface area contributed by atoms with Crippen LogP contribution in [0, 0.1) is 5.82 Å². The number of anilines is 1. The van der Waals surface area contributed by atoms with Gasteiger partial charge in [0.25, 0.3) is 0 Å². The molecule has 1 saturated heterocycles. The van der Waals surface area contributed by atoms with Gasteiger partial charge in [0.2, 0.25) is 11.8 Å². The Bertz CT molecular complexity index is 504. The van der Waals surface area contributed by atoms with Crippen LogP contribution < -0.4 is 16.4 Å². The molecular formula is C13H17ClFN3O2. The second kappa shape index (κ2) is 7.21. The maximum atomic E-state index is 13.6. The number of piperidine rings is 1. The molecule has 0 aliphatic carbocycles. The molecule has 1 aromatic rings. The average molecular weight is 302 g/mol. The van der Waals surface area contributed by atoms with Crippen molar-refractivity contribution in [2.45, 2.75) is 25.3 Å². The van der Waals surface area contributed by atoms with E-state index >= 15 is 0 Å². The van der Waals surface area contributed by atoms with Crippen molar-refractivity contribution < 1.29 is 14.0 Å². The van der Waals surface area contributed by atoms with Crippen LogP contribution in [0.1, 0.15) is 29.6 Å². The van der Waals surface area contributed by atoms with Crippen LogP contribution in [0.15, 0.2) is 18.2 Å². The van der Waals surface area contributed by atoms with Gasteiger partial charge in [-0.15, -0.1) is 12.4 Å². The van der Waals surface area contributed by atoms with E-state index in [9.17, 15) is 14.0 Å². The van der Waals surface area contributed by atoms with E-state index in [-0.39, 0.29) is 35.6 Å². The van der Waals surface area contributed by atoms with E-state index in [1.807, 2.05) is 0 Å². The Kier molecular flexibility index (Phi) is 5.91. The second-order valence-corrected chi connectivity index (χ2v) is 4.55. The highest BCUT2D eigenvalue weighted by molar-refractivity contribution is 5.98. The molecule has 0 bridgehead atoms. The van der Waals surface area contributed by atoms with Crippen LogP contribution in [0.25, 0.3) is 0 Å². The fourth-order valence-corrected chi connectivity index (χ4v) is 2.07. The van der Waals surface area contributed by atoms with Crippen molar-refractivity contribution in [2.24, 2.45) is 5.73 Å². The third kappa shape index (κ3) is 3.91. The van der Waals surface area contributed by atoms with Gasteiger partial charge in [-0.25, -0.2) is 4.39 Å². The van der Waals surface area contributed by atoms with Gasteiger partial charge in [0.15, 0.2) is 0 Å². The SMILES string of the molecule is Cl.NC(=O)c1ccc(F)c(NC(=O)[C@@H]2CCCCN2)c1. The number of rotatable bonds is 3. The molecule has 1 atom stereocenters. The van der Waals surface area contributed by atoms with E-state index < -0.39 is 11.7 Å². The smallest absolute Gasteiger partial charge is 0.248 e. The zero-order valence-corrected chi connectivity index (χ0v) is 11.6. The minimum absolute atomic E-state index is 0. The van der Waals surface area contributed by atoms with E-state index in [0.29, 0.717) is 0 Å². The van der Waals surface area contributed by atoms with Crippen molar-refractivity contribution >= 4 is 29.9 Å². The number of carbonyl (C=O) groups excluding carboxylic acids is 2. The first kappa shape index (κ1) is 16.4. The summed E-state index contributed by atoms with van der Waals surface area (Å²) >= 11 is 0. The number of amides is 2. The van der Waals surface area contributed by atoms with Crippen LogP contribution in [0.3, 0.4) is 0 Å². The summed E-state index contributed by atoms with van der Waals surface area (Å²) in [5, 5.41) is 5.56. The molecule has 0 radical (unpaired) electrons. The molecule has 1 aliphatic rings. The predicted molar refractivity (Wildman–Crippen MR) is 76.4 cm³/mol. The normalized spacial score (nSPS) is 17.9. The Hall–Kier alpha value is -1.66. The summed E-state index contributed by atoms with van der Waals surface area (Å²) in [5.74, 6) is -1.54. The van der Waals surface area contributed by atoms with Gasteiger partial charge < -0.3 is 16.4 Å². The molecule has 0 spiro atoms. The number of carbonyl (C=O) groups is 2. The molecule has 0 saturated carbocycles. The lowest BCUT2D eigenvalue weighted by atomic mass is 10.0. The molecule has 1 heterocycles. The first-order valence-electron chi connectivity index (χ1n) is 6.21. The molecule has 110 valence electrons. The van der Waals surface area contributed by atoms with Crippen LogP contribution in [0.4, 0.5) is 10.1 Å². The first-order chi connectivity index (χ1) is 9.08. The zero-order chi connectivity index (χ0) is 13.8. The molecule has 7 heteroatoms. The van der Waals surface area contributed by atoms with Gasteiger partial charge in [-0.05, 0) is 37.6 Å². The summed E-state index contributed by atoms with van der Waals surface area (Å²) in [6.07, 6.45) is 2.73. The van der Waals surface area contributed by atoms with Crippen LogP contribution in [0.2, 0.25) is 0 Å².